The predicted molar refractivity (Wildman–Crippen MR) is 158 cm³/mol. The number of aromatic nitrogens is 2. The number of thioether (sulfide) groups is 1. The summed E-state index contributed by atoms with van der Waals surface area (Å²) in [6.45, 7) is 7.33. The van der Waals surface area contributed by atoms with Gasteiger partial charge in [-0.1, -0.05) is 35.5 Å². The number of amides is 1. The van der Waals surface area contributed by atoms with Crippen molar-refractivity contribution >= 4 is 40.8 Å². The summed E-state index contributed by atoms with van der Waals surface area (Å²) in [5.41, 5.74) is 2.91. The molecule has 5 rings (SSSR count). The van der Waals surface area contributed by atoms with Crippen molar-refractivity contribution < 1.29 is 9.53 Å². The van der Waals surface area contributed by atoms with E-state index in [2.05, 4.69) is 37.1 Å². The zero-order chi connectivity index (χ0) is 27.0. The number of benzene rings is 2. The van der Waals surface area contributed by atoms with E-state index in [-0.39, 0.29) is 5.91 Å². The maximum Gasteiger partial charge on any atom is 0.251 e. The first-order valence-corrected chi connectivity index (χ1v) is 14.8. The molecule has 0 radical (unpaired) electrons. The Kier molecular flexibility index (Phi) is 9.44. The molecular weight excluding hydrogens is 532 g/mol. The molecule has 0 aliphatic carbocycles. The van der Waals surface area contributed by atoms with Crippen molar-refractivity contribution in [1.29, 1.82) is 0 Å². The summed E-state index contributed by atoms with van der Waals surface area (Å²) in [6.07, 6.45) is 2.51. The number of ether oxygens (including phenoxy) is 1. The van der Waals surface area contributed by atoms with Crippen molar-refractivity contribution in [3.8, 4) is 5.75 Å². The molecule has 0 unspecified atom stereocenters. The Morgan fingerprint density at radius 1 is 0.974 bits per heavy atom. The topological polar surface area (TPSA) is 73.8 Å². The quantitative estimate of drug-likeness (QED) is 0.217. The van der Waals surface area contributed by atoms with Gasteiger partial charge in [-0.25, -0.2) is 9.97 Å². The van der Waals surface area contributed by atoms with Gasteiger partial charge in [0.05, 0.1) is 7.11 Å². The molecule has 2 saturated heterocycles. The van der Waals surface area contributed by atoms with E-state index >= 15 is 0 Å². The van der Waals surface area contributed by atoms with Gasteiger partial charge in [-0.15, -0.1) is 0 Å². The van der Waals surface area contributed by atoms with Gasteiger partial charge in [0.15, 0.2) is 5.16 Å². The monoisotopic (exact) mass is 566 g/mol. The van der Waals surface area contributed by atoms with Gasteiger partial charge in [0.1, 0.15) is 16.7 Å². The highest BCUT2D eigenvalue weighted by Gasteiger charge is 2.20. The number of methoxy groups -OCH3 is 1. The molecule has 1 N–H and O–H groups in total. The van der Waals surface area contributed by atoms with E-state index in [9.17, 15) is 4.79 Å². The van der Waals surface area contributed by atoms with Gasteiger partial charge in [-0.3, -0.25) is 4.79 Å². The molecule has 1 aromatic heterocycles. The molecule has 2 fully saturated rings. The van der Waals surface area contributed by atoms with Crippen LogP contribution in [0.4, 0.5) is 11.5 Å². The number of likely N-dealkylation sites (tertiary alicyclic amines) is 1. The Labute approximate surface area is 239 Å². The Balaban J connectivity index is 1.14. The fraction of sp³-hybridized carbons (Fsp3) is 0.414. The Bertz CT molecular complexity index is 1250. The van der Waals surface area contributed by atoms with E-state index in [1.54, 1.807) is 7.11 Å². The number of carbonyl (C=O) groups excluding carboxylic acids is 1. The van der Waals surface area contributed by atoms with E-state index < -0.39 is 0 Å². The number of rotatable bonds is 10. The fourth-order valence-electron chi connectivity index (χ4n) is 4.98. The lowest BCUT2D eigenvalue weighted by Gasteiger charge is -2.36. The van der Waals surface area contributed by atoms with Crippen LogP contribution >= 0.6 is 23.4 Å². The van der Waals surface area contributed by atoms with Crippen LogP contribution < -0.4 is 19.9 Å². The summed E-state index contributed by atoms with van der Waals surface area (Å²) in [5, 5.41) is 4.12. The summed E-state index contributed by atoms with van der Waals surface area (Å²) in [4.78, 5) is 28.9. The summed E-state index contributed by atoms with van der Waals surface area (Å²) >= 11 is 7.92. The third-order valence-electron chi connectivity index (χ3n) is 7.17. The normalized spacial score (nSPS) is 15.9. The average Bonchev–Trinajstić information content (AvgIpc) is 3.50. The number of hydrogen-bond donors (Lipinski definition) is 1. The highest BCUT2D eigenvalue weighted by Crippen LogP contribution is 2.27. The molecule has 0 bridgehead atoms. The molecule has 1 amide bonds. The van der Waals surface area contributed by atoms with Gasteiger partial charge in [0, 0.05) is 62.3 Å². The minimum absolute atomic E-state index is 0.0314. The molecule has 3 heterocycles. The van der Waals surface area contributed by atoms with E-state index in [0.717, 1.165) is 62.9 Å². The molecule has 0 atom stereocenters. The van der Waals surface area contributed by atoms with Crippen LogP contribution in [-0.4, -0.2) is 80.2 Å². The molecule has 39 heavy (non-hydrogen) atoms. The van der Waals surface area contributed by atoms with Crippen LogP contribution in [0.25, 0.3) is 0 Å². The van der Waals surface area contributed by atoms with Crippen molar-refractivity contribution in [1.82, 2.24) is 20.2 Å². The zero-order valence-electron chi connectivity index (χ0n) is 22.3. The zero-order valence-corrected chi connectivity index (χ0v) is 23.9. The lowest BCUT2D eigenvalue weighted by atomic mass is 10.1. The Morgan fingerprint density at radius 2 is 1.72 bits per heavy atom. The van der Waals surface area contributed by atoms with Crippen molar-refractivity contribution in [2.75, 3.05) is 69.3 Å². The van der Waals surface area contributed by atoms with Crippen LogP contribution in [0.5, 0.6) is 5.75 Å². The first-order valence-electron chi connectivity index (χ1n) is 13.5. The van der Waals surface area contributed by atoms with Crippen molar-refractivity contribution in [2.24, 2.45) is 0 Å². The largest absolute Gasteiger partial charge is 0.497 e. The van der Waals surface area contributed by atoms with E-state index in [4.69, 9.17) is 21.3 Å². The van der Waals surface area contributed by atoms with Crippen LogP contribution in [0, 0.1) is 0 Å². The molecule has 2 aliphatic heterocycles. The van der Waals surface area contributed by atoms with Gasteiger partial charge < -0.3 is 24.8 Å². The molecule has 2 aromatic carbocycles. The second kappa shape index (κ2) is 13.4. The average molecular weight is 567 g/mol. The molecule has 8 nitrogen and oxygen atoms in total. The Hall–Kier alpha value is -3.01. The first-order chi connectivity index (χ1) is 19.1. The van der Waals surface area contributed by atoms with E-state index in [1.807, 2.05) is 42.5 Å². The summed E-state index contributed by atoms with van der Waals surface area (Å²) < 4.78 is 5.27. The minimum Gasteiger partial charge on any atom is -0.497 e. The van der Waals surface area contributed by atoms with Crippen LogP contribution in [0.3, 0.4) is 0 Å². The molecule has 3 aromatic rings. The van der Waals surface area contributed by atoms with E-state index in [1.165, 1.54) is 30.3 Å². The molecule has 2 aliphatic rings. The van der Waals surface area contributed by atoms with Crippen LogP contribution in [0.1, 0.15) is 28.8 Å². The maximum absolute atomic E-state index is 12.7. The fourth-order valence-corrected chi connectivity index (χ4v) is 6.01. The second-order valence-electron chi connectivity index (χ2n) is 9.80. The lowest BCUT2D eigenvalue weighted by Crippen LogP contribution is -2.46. The highest BCUT2D eigenvalue weighted by molar-refractivity contribution is 7.98. The smallest absolute Gasteiger partial charge is 0.251 e. The summed E-state index contributed by atoms with van der Waals surface area (Å²) in [5.74, 6) is 2.33. The van der Waals surface area contributed by atoms with Crippen LogP contribution in [0.15, 0.2) is 59.8 Å². The minimum atomic E-state index is -0.0314. The third kappa shape index (κ3) is 7.56. The number of halogens is 1. The van der Waals surface area contributed by atoms with Crippen LogP contribution in [0.2, 0.25) is 5.15 Å². The molecule has 10 heteroatoms. The van der Waals surface area contributed by atoms with Gasteiger partial charge in [-0.2, -0.15) is 0 Å². The number of hydrogen-bond acceptors (Lipinski definition) is 8. The van der Waals surface area contributed by atoms with Crippen molar-refractivity contribution in [3.63, 3.8) is 0 Å². The second-order valence-corrected chi connectivity index (χ2v) is 11.1. The summed E-state index contributed by atoms with van der Waals surface area (Å²) in [7, 11) is 1.68. The standard InChI is InChI=1S/C29H35ClN6O2S/c1-38-25-9-7-24(8-10-25)35-15-17-36(18-16-35)27-20-26(30)32-29(33-27)39-21-22-5-4-6-23(19-22)28(37)31-11-14-34-12-2-3-13-34/h4-10,19-20H,2-3,11-18,21H2,1H3,(H,31,37). The SMILES string of the molecule is COc1ccc(N2CCN(c3cc(Cl)nc(SCc4cccc(C(=O)NCCN5CCCC5)c4)n3)CC2)cc1. The predicted octanol–water partition coefficient (Wildman–Crippen LogP) is 4.58. The van der Waals surface area contributed by atoms with Crippen molar-refractivity contribution in [2.45, 2.75) is 23.8 Å². The molecular formula is C29H35ClN6O2S. The number of carbonyl (C=O) groups is 1. The van der Waals surface area contributed by atoms with Gasteiger partial charge in [-0.05, 0) is 67.9 Å². The lowest BCUT2D eigenvalue weighted by molar-refractivity contribution is 0.0949. The molecule has 206 valence electrons. The third-order valence-corrected chi connectivity index (χ3v) is 8.28. The summed E-state index contributed by atoms with van der Waals surface area (Å²) in [6, 6.07) is 17.8. The van der Waals surface area contributed by atoms with E-state index in [0.29, 0.717) is 28.2 Å². The first kappa shape index (κ1) is 27.6. The maximum atomic E-state index is 12.7. The highest BCUT2D eigenvalue weighted by atomic mass is 35.5. The van der Waals surface area contributed by atoms with Gasteiger partial charge in [0.2, 0.25) is 0 Å². The number of anilines is 2. The van der Waals surface area contributed by atoms with Gasteiger partial charge in [0.25, 0.3) is 5.91 Å². The van der Waals surface area contributed by atoms with Crippen LogP contribution in [-0.2, 0) is 5.75 Å². The molecule has 0 spiro atoms. The number of nitrogens with one attached hydrogen (secondary N) is 1. The number of piperazine rings is 1. The molecule has 0 saturated carbocycles. The van der Waals surface area contributed by atoms with Gasteiger partial charge >= 0.3 is 0 Å². The van der Waals surface area contributed by atoms with Crippen molar-refractivity contribution in [3.05, 3.63) is 70.9 Å². The number of nitrogens with zero attached hydrogens (tertiary/aromatic N) is 5. The Morgan fingerprint density at radius 3 is 2.46 bits per heavy atom.